The highest BCUT2D eigenvalue weighted by molar-refractivity contribution is 7.18. The lowest BCUT2D eigenvalue weighted by molar-refractivity contribution is 0.0523. The quantitative estimate of drug-likeness (QED) is 0.791. The molecule has 0 spiro atoms. The summed E-state index contributed by atoms with van der Waals surface area (Å²) in [5.41, 5.74) is 0.351. The van der Waals surface area contributed by atoms with E-state index in [1.165, 1.54) is 11.3 Å². The number of rotatable bonds is 6. The number of amides is 1. The summed E-state index contributed by atoms with van der Waals surface area (Å²) in [4.78, 5) is 16.1. The molecule has 1 amide bonds. The molecule has 0 aliphatic heterocycles. The van der Waals surface area contributed by atoms with E-state index in [1.54, 1.807) is 0 Å². The Morgan fingerprint density at radius 2 is 2.17 bits per heavy atom. The summed E-state index contributed by atoms with van der Waals surface area (Å²) in [5.74, 6) is 0.751. The van der Waals surface area contributed by atoms with Gasteiger partial charge in [-0.15, -0.1) is 11.3 Å². The van der Waals surface area contributed by atoms with Crippen LogP contribution < -0.4 is 10.1 Å². The standard InChI is InChI=1S/C16H22N2O4S/c1-16(2,3)22-15(20)17-10-14-18-12-6-5-11(9-13(12)23-14)21-8-4-7-19/h5-6,9,19H,4,7-8,10H2,1-3H3,(H,17,20). The number of ether oxygens (including phenoxy) is 2. The third-order valence-corrected chi connectivity index (χ3v) is 3.78. The molecule has 0 bridgehead atoms. The number of benzene rings is 1. The molecule has 0 saturated heterocycles. The van der Waals surface area contributed by atoms with Crippen LogP contribution in [0.4, 0.5) is 4.79 Å². The van der Waals surface area contributed by atoms with E-state index in [0.717, 1.165) is 21.0 Å². The fraction of sp³-hybridized carbons (Fsp3) is 0.500. The highest BCUT2D eigenvalue weighted by Crippen LogP contribution is 2.26. The second-order valence-electron chi connectivity index (χ2n) is 6.02. The third kappa shape index (κ3) is 5.69. The minimum Gasteiger partial charge on any atom is -0.493 e. The Bertz CT molecular complexity index is 664. The van der Waals surface area contributed by atoms with Crippen LogP contribution in [0.3, 0.4) is 0 Å². The number of aliphatic hydroxyl groups excluding tert-OH is 1. The molecule has 2 aromatic rings. The zero-order valence-electron chi connectivity index (χ0n) is 13.6. The maximum atomic E-state index is 11.7. The predicted octanol–water partition coefficient (Wildman–Crippen LogP) is 3.08. The van der Waals surface area contributed by atoms with Gasteiger partial charge in [0.2, 0.25) is 0 Å². The molecule has 126 valence electrons. The maximum absolute atomic E-state index is 11.7. The number of carbonyl (C=O) groups excluding carboxylic acids is 1. The van der Waals surface area contributed by atoms with Crippen LogP contribution in [0.15, 0.2) is 18.2 Å². The first kappa shape index (κ1) is 17.5. The summed E-state index contributed by atoms with van der Waals surface area (Å²) in [6, 6.07) is 5.66. The Hall–Kier alpha value is -1.86. The Morgan fingerprint density at radius 3 is 2.87 bits per heavy atom. The van der Waals surface area contributed by atoms with E-state index in [2.05, 4.69) is 10.3 Å². The number of carbonyl (C=O) groups is 1. The van der Waals surface area contributed by atoms with Gasteiger partial charge in [0, 0.05) is 13.0 Å². The van der Waals surface area contributed by atoms with Crippen LogP contribution in [0.2, 0.25) is 0 Å². The Labute approximate surface area is 139 Å². The molecule has 1 aromatic carbocycles. The monoisotopic (exact) mass is 338 g/mol. The number of fused-ring (bicyclic) bond motifs is 1. The lowest BCUT2D eigenvalue weighted by Gasteiger charge is -2.19. The molecule has 0 saturated carbocycles. The summed E-state index contributed by atoms with van der Waals surface area (Å²) >= 11 is 1.50. The summed E-state index contributed by atoms with van der Waals surface area (Å²) in [6.45, 7) is 6.39. The van der Waals surface area contributed by atoms with Gasteiger partial charge in [0.05, 0.1) is 23.4 Å². The lowest BCUT2D eigenvalue weighted by Crippen LogP contribution is -2.32. The van der Waals surface area contributed by atoms with E-state index in [1.807, 2.05) is 39.0 Å². The number of hydrogen-bond acceptors (Lipinski definition) is 6. The molecular formula is C16H22N2O4S. The van der Waals surface area contributed by atoms with Crippen molar-refractivity contribution < 1.29 is 19.4 Å². The van der Waals surface area contributed by atoms with Gasteiger partial charge < -0.3 is 19.9 Å². The number of nitrogens with one attached hydrogen (secondary N) is 1. The van der Waals surface area contributed by atoms with Gasteiger partial charge in [0.25, 0.3) is 0 Å². The van der Waals surface area contributed by atoms with Crippen molar-refractivity contribution in [2.45, 2.75) is 39.3 Å². The molecule has 0 atom stereocenters. The molecule has 0 unspecified atom stereocenters. The first-order valence-corrected chi connectivity index (χ1v) is 8.29. The normalized spacial score (nSPS) is 11.5. The van der Waals surface area contributed by atoms with E-state index in [0.29, 0.717) is 19.6 Å². The van der Waals surface area contributed by atoms with Crippen molar-refractivity contribution in [3.8, 4) is 5.75 Å². The lowest BCUT2D eigenvalue weighted by atomic mass is 10.2. The highest BCUT2D eigenvalue weighted by Gasteiger charge is 2.16. The fourth-order valence-corrected chi connectivity index (χ4v) is 2.77. The topological polar surface area (TPSA) is 80.7 Å². The molecule has 7 heteroatoms. The van der Waals surface area contributed by atoms with Crippen molar-refractivity contribution in [2.75, 3.05) is 13.2 Å². The fourth-order valence-electron chi connectivity index (χ4n) is 1.83. The number of aliphatic hydroxyl groups is 1. The summed E-state index contributed by atoms with van der Waals surface area (Å²) in [6.07, 6.45) is 0.149. The largest absolute Gasteiger partial charge is 0.493 e. The molecule has 0 aliphatic rings. The molecular weight excluding hydrogens is 316 g/mol. The van der Waals surface area contributed by atoms with Crippen molar-refractivity contribution in [1.82, 2.24) is 10.3 Å². The van der Waals surface area contributed by atoms with Crippen molar-refractivity contribution in [2.24, 2.45) is 0 Å². The van der Waals surface area contributed by atoms with Gasteiger partial charge in [-0.2, -0.15) is 0 Å². The van der Waals surface area contributed by atoms with Gasteiger partial charge in [0.1, 0.15) is 16.4 Å². The highest BCUT2D eigenvalue weighted by atomic mass is 32.1. The Balaban J connectivity index is 1.96. The average Bonchev–Trinajstić information content (AvgIpc) is 2.86. The summed E-state index contributed by atoms with van der Waals surface area (Å²) in [5, 5.41) is 12.3. The van der Waals surface area contributed by atoms with Gasteiger partial charge >= 0.3 is 6.09 Å². The second kappa shape index (κ2) is 7.61. The zero-order chi connectivity index (χ0) is 16.9. The van der Waals surface area contributed by atoms with E-state index in [-0.39, 0.29) is 6.61 Å². The number of thiazole rings is 1. The van der Waals surface area contributed by atoms with Crippen LogP contribution in [0.25, 0.3) is 10.2 Å². The van der Waals surface area contributed by atoms with Gasteiger partial charge in [-0.25, -0.2) is 9.78 Å². The first-order chi connectivity index (χ1) is 10.9. The van der Waals surface area contributed by atoms with E-state index in [4.69, 9.17) is 14.6 Å². The SMILES string of the molecule is CC(C)(C)OC(=O)NCc1nc2ccc(OCCCO)cc2s1. The van der Waals surface area contributed by atoms with Gasteiger partial charge in [-0.3, -0.25) is 0 Å². The number of alkyl carbamates (subject to hydrolysis) is 1. The third-order valence-electron chi connectivity index (χ3n) is 2.76. The van der Waals surface area contributed by atoms with Crippen LogP contribution in [0.1, 0.15) is 32.2 Å². The number of aromatic nitrogens is 1. The predicted molar refractivity (Wildman–Crippen MR) is 89.9 cm³/mol. The van der Waals surface area contributed by atoms with Crippen molar-refractivity contribution in [1.29, 1.82) is 0 Å². The Kier molecular flexibility index (Phi) is 5.79. The number of hydrogen-bond donors (Lipinski definition) is 2. The molecule has 6 nitrogen and oxygen atoms in total. The van der Waals surface area contributed by atoms with E-state index >= 15 is 0 Å². The molecule has 23 heavy (non-hydrogen) atoms. The molecule has 1 heterocycles. The van der Waals surface area contributed by atoms with Crippen molar-refractivity contribution in [3.05, 3.63) is 23.2 Å². The van der Waals surface area contributed by atoms with Crippen LogP contribution in [-0.4, -0.2) is 35.0 Å². The van der Waals surface area contributed by atoms with Crippen LogP contribution >= 0.6 is 11.3 Å². The van der Waals surface area contributed by atoms with Gasteiger partial charge in [-0.05, 0) is 39.0 Å². The minimum atomic E-state index is -0.515. The molecule has 0 fully saturated rings. The van der Waals surface area contributed by atoms with Crippen LogP contribution in [-0.2, 0) is 11.3 Å². The van der Waals surface area contributed by atoms with Gasteiger partial charge in [-0.1, -0.05) is 0 Å². The summed E-state index contributed by atoms with van der Waals surface area (Å²) < 4.78 is 11.7. The molecule has 0 aliphatic carbocycles. The second-order valence-corrected chi connectivity index (χ2v) is 7.13. The Morgan fingerprint density at radius 1 is 1.39 bits per heavy atom. The van der Waals surface area contributed by atoms with Crippen molar-refractivity contribution in [3.63, 3.8) is 0 Å². The van der Waals surface area contributed by atoms with E-state index < -0.39 is 11.7 Å². The number of nitrogens with zero attached hydrogens (tertiary/aromatic N) is 1. The first-order valence-electron chi connectivity index (χ1n) is 7.47. The molecule has 2 rings (SSSR count). The van der Waals surface area contributed by atoms with Crippen LogP contribution in [0.5, 0.6) is 5.75 Å². The molecule has 2 N–H and O–H groups in total. The maximum Gasteiger partial charge on any atom is 0.408 e. The molecule has 1 aromatic heterocycles. The summed E-state index contributed by atoms with van der Waals surface area (Å²) in [7, 11) is 0. The van der Waals surface area contributed by atoms with Crippen LogP contribution in [0, 0.1) is 0 Å². The van der Waals surface area contributed by atoms with Gasteiger partial charge in [0.15, 0.2) is 0 Å². The average molecular weight is 338 g/mol. The van der Waals surface area contributed by atoms with E-state index in [9.17, 15) is 4.79 Å². The zero-order valence-corrected chi connectivity index (χ0v) is 14.4. The molecule has 0 radical (unpaired) electrons. The smallest absolute Gasteiger partial charge is 0.408 e. The van der Waals surface area contributed by atoms with Crippen molar-refractivity contribution >= 4 is 27.6 Å². The minimum absolute atomic E-state index is 0.114.